The summed E-state index contributed by atoms with van der Waals surface area (Å²) in [5.74, 6) is -0.880. The summed E-state index contributed by atoms with van der Waals surface area (Å²) >= 11 is 6.44. The van der Waals surface area contributed by atoms with Gasteiger partial charge in [0.15, 0.2) is 10.8 Å². The third-order valence-corrected chi connectivity index (χ3v) is 13.9. The molecule has 0 aliphatic carbocycles. The van der Waals surface area contributed by atoms with Gasteiger partial charge in [-0.3, -0.25) is 13.9 Å². The summed E-state index contributed by atoms with van der Waals surface area (Å²) in [6.45, 7) is 6.76. The molecule has 2 N–H and O–H groups in total. The molecule has 0 radical (unpaired) electrons. The van der Waals surface area contributed by atoms with Gasteiger partial charge in [-0.05, 0) is 59.8 Å². The molecule has 0 amide bonds. The Morgan fingerprint density at radius 2 is 1.59 bits per heavy atom. The number of piperidine rings is 1. The molecule has 0 bridgehead atoms. The molecule has 12 nitrogen and oxygen atoms in total. The molecule has 1 aliphatic heterocycles. The molecular weight excluding hydrogens is 660 g/mol. The molecule has 1 saturated heterocycles. The first-order valence-electron chi connectivity index (χ1n) is 15.3. The molecule has 0 unspecified atom stereocenters. The van der Waals surface area contributed by atoms with E-state index in [0.717, 1.165) is 0 Å². The van der Waals surface area contributed by atoms with Crippen LogP contribution in [0.15, 0.2) is 45.6 Å². The number of β-amino-alcohol motifs (C(OH)–C–C–N with tert-alkyl or cyclic N) is 1. The minimum atomic E-state index is -4.18. The highest BCUT2D eigenvalue weighted by molar-refractivity contribution is 7.72. The second-order valence-corrected chi connectivity index (χ2v) is 16.0. The van der Waals surface area contributed by atoms with Crippen LogP contribution in [0.25, 0.3) is 22.3 Å². The molecule has 1 fully saturated rings. The average molecular weight is 702 g/mol. The first-order chi connectivity index (χ1) is 21.9. The lowest BCUT2D eigenvalue weighted by Crippen LogP contribution is -2.40. The zero-order chi connectivity index (χ0) is 33.6. The normalized spacial score (nSPS) is 18.0. The highest BCUT2D eigenvalue weighted by Crippen LogP contribution is 2.70. The summed E-state index contributed by atoms with van der Waals surface area (Å²) in [4.78, 5) is 15.5. The standard InChI is InChI=1S/C31H42ClNO11P2/c1-6-40-45(37,41-7-2)28(46(38,42-8-3)43-9-4)19-39-27-17-24(35)30-23(34)16-26(20-12-10-11-13-22(20)32)44-31(30)29(27)21-14-15-33(5)18-25(21)36/h10-13,16-17,21,25,28,35-36H,6-9,14-15,18-19H2,1-5H3/t21-,25+/m0/s1. The van der Waals surface area contributed by atoms with E-state index in [1.807, 2.05) is 11.9 Å². The number of aliphatic hydroxyl groups excluding tert-OH is 1. The quantitative estimate of drug-likeness (QED) is 0.160. The van der Waals surface area contributed by atoms with Gasteiger partial charge in [-0.15, -0.1) is 0 Å². The molecule has 0 saturated carbocycles. The molecule has 1 aromatic heterocycles. The zero-order valence-corrected chi connectivity index (χ0v) is 29.2. The summed E-state index contributed by atoms with van der Waals surface area (Å²) in [7, 11) is -6.48. The zero-order valence-electron chi connectivity index (χ0n) is 26.6. The van der Waals surface area contributed by atoms with E-state index in [2.05, 4.69) is 0 Å². The van der Waals surface area contributed by atoms with E-state index in [-0.39, 0.29) is 48.9 Å². The number of rotatable bonds is 15. The number of likely N-dealkylation sites (N-methyl/N-ethyl adjacent to an activating group) is 1. The Kier molecular flexibility index (Phi) is 12.5. The van der Waals surface area contributed by atoms with Gasteiger partial charge in [0.05, 0.1) is 37.6 Å². The van der Waals surface area contributed by atoms with Gasteiger partial charge in [0.25, 0.3) is 0 Å². The molecule has 4 rings (SSSR count). The van der Waals surface area contributed by atoms with Gasteiger partial charge in [0, 0.05) is 35.7 Å². The van der Waals surface area contributed by atoms with Crippen molar-refractivity contribution in [2.45, 2.75) is 51.5 Å². The summed E-state index contributed by atoms with van der Waals surface area (Å²) in [6, 6.07) is 9.32. The number of hydrogen-bond acceptors (Lipinski definition) is 12. The van der Waals surface area contributed by atoms with Crippen LogP contribution in [0.2, 0.25) is 5.02 Å². The van der Waals surface area contributed by atoms with Crippen LogP contribution >= 0.6 is 26.8 Å². The Hall–Kier alpha value is -2.24. The van der Waals surface area contributed by atoms with Gasteiger partial charge >= 0.3 is 15.2 Å². The number of aliphatic hydroxyl groups is 1. The van der Waals surface area contributed by atoms with Gasteiger partial charge in [0.2, 0.25) is 0 Å². The molecule has 46 heavy (non-hydrogen) atoms. The van der Waals surface area contributed by atoms with Crippen molar-refractivity contribution >= 4 is 37.8 Å². The molecule has 1 aliphatic rings. The monoisotopic (exact) mass is 701 g/mol. The number of likely N-dealkylation sites (tertiary alicyclic amines) is 1. The van der Waals surface area contributed by atoms with Crippen LogP contribution in [0.3, 0.4) is 0 Å². The predicted molar refractivity (Wildman–Crippen MR) is 176 cm³/mol. The van der Waals surface area contributed by atoms with Crippen molar-refractivity contribution < 1.29 is 46.6 Å². The van der Waals surface area contributed by atoms with E-state index < -0.39 is 50.4 Å². The summed E-state index contributed by atoms with van der Waals surface area (Å²) in [6.07, 6.45) is -0.459. The number of fused-ring (bicyclic) bond motifs is 1. The van der Waals surface area contributed by atoms with Crippen molar-refractivity contribution in [1.29, 1.82) is 0 Å². The first kappa shape index (κ1) is 36.6. The molecule has 0 spiro atoms. The van der Waals surface area contributed by atoms with Crippen molar-refractivity contribution in [2.24, 2.45) is 0 Å². The summed E-state index contributed by atoms with van der Waals surface area (Å²) in [5, 5.41) is 21.2. The third-order valence-electron chi connectivity index (χ3n) is 7.63. The Labute approximate surface area is 273 Å². The summed E-state index contributed by atoms with van der Waals surface area (Å²) < 4.78 is 63.2. The molecule has 2 aromatic carbocycles. The molecule has 2 atom stereocenters. The van der Waals surface area contributed by atoms with Gasteiger partial charge in [-0.1, -0.05) is 23.7 Å². The van der Waals surface area contributed by atoms with Crippen molar-refractivity contribution in [2.75, 3.05) is 53.2 Å². The minimum absolute atomic E-state index is 0.00169. The second kappa shape index (κ2) is 15.8. The van der Waals surface area contributed by atoms with Gasteiger partial charge in [0.1, 0.15) is 34.8 Å². The Morgan fingerprint density at radius 1 is 1.00 bits per heavy atom. The maximum Gasteiger partial charge on any atom is 0.349 e. The lowest BCUT2D eigenvalue weighted by atomic mass is 9.85. The second-order valence-electron chi connectivity index (χ2n) is 10.7. The molecule has 254 valence electrons. The van der Waals surface area contributed by atoms with E-state index in [4.69, 9.17) is 38.8 Å². The van der Waals surface area contributed by atoms with Crippen LogP contribution in [0.4, 0.5) is 0 Å². The lowest BCUT2D eigenvalue weighted by molar-refractivity contribution is 0.0627. The average Bonchev–Trinajstić information content (AvgIpc) is 2.98. The van der Waals surface area contributed by atoms with Crippen LogP contribution in [-0.4, -0.2) is 79.8 Å². The summed E-state index contributed by atoms with van der Waals surface area (Å²) in [5.41, 5.74) is 0.227. The lowest BCUT2D eigenvalue weighted by Gasteiger charge is -2.35. The topological polar surface area (TPSA) is 154 Å². The fourth-order valence-corrected chi connectivity index (χ4v) is 10.9. The first-order valence-corrected chi connectivity index (χ1v) is 18.9. The van der Waals surface area contributed by atoms with Crippen molar-refractivity contribution in [3.8, 4) is 22.8 Å². The number of nitrogens with zero attached hydrogens (tertiary/aromatic N) is 1. The maximum absolute atomic E-state index is 14.1. The predicted octanol–water partition coefficient (Wildman–Crippen LogP) is 6.84. The fraction of sp³-hybridized carbons (Fsp3) is 0.516. The van der Waals surface area contributed by atoms with Crippen molar-refractivity contribution in [1.82, 2.24) is 4.90 Å². The van der Waals surface area contributed by atoms with Crippen molar-refractivity contribution in [3.63, 3.8) is 0 Å². The number of benzene rings is 2. The number of aromatic hydroxyl groups is 1. The Bertz CT molecular complexity index is 1620. The van der Waals surface area contributed by atoms with E-state index in [1.54, 1.807) is 52.0 Å². The third kappa shape index (κ3) is 7.73. The smallest absolute Gasteiger partial charge is 0.349 e. The van der Waals surface area contributed by atoms with Crippen LogP contribution < -0.4 is 10.2 Å². The number of phenols is 1. The molecule has 15 heteroatoms. The van der Waals surface area contributed by atoms with Crippen LogP contribution in [0, 0.1) is 0 Å². The van der Waals surface area contributed by atoms with Gasteiger partial charge in [-0.2, -0.15) is 0 Å². The fourth-order valence-electron chi connectivity index (χ4n) is 5.66. The van der Waals surface area contributed by atoms with E-state index in [1.165, 1.54) is 12.1 Å². The minimum Gasteiger partial charge on any atom is -0.507 e. The van der Waals surface area contributed by atoms with Crippen LogP contribution in [-0.2, 0) is 27.2 Å². The van der Waals surface area contributed by atoms with E-state index in [9.17, 15) is 24.1 Å². The van der Waals surface area contributed by atoms with E-state index in [0.29, 0.717) is 35.7 Å². The SMILES string of the molecule is CCOP(=O)(OCC)C(COc1cc(O)c2c(=O)cc(-c3ccccc3Cl)oc2c1[C@H]1CCN(C)C[C@H]1O)P(=O)(OCC)OCC. The van der Waals surface area contributed by atoms with Crippen LogP contribution in [0.5, 0.6) is 11.5 Å². The van der Waals surface area contributed by atoms with Crippen LogP contribution in [0.1, 0.15) is 45.6 Å². The Balaban J connectivity index is 1.95. The molecular formula is C31H42ClNO11P2. The van der Waals surface area contributed by atoms with E-state index >= 15 is 0 Å². The maximum atomic E-state index is 14.1. The Morgan fingerprint density at radius 3 is 2.13 bits per heavy atom. The number of phenolic OH excluding ortho intramolecular Hbond substituents is 1. The number of ether oxygens (including phenoxy) is 1. The number of hydrogen-bond donors (Lipinski definition) is 2. The highest BCUT2D eigenvalue weighted by atomic mass is 35.5. The highest BCUT2D eigenvalue weighted by Gasteiger charge is 2.52. The number of halogens is 1. The van der Waals surface area contributed by atoms with Gasteiger partial charge in [-0.25, -0.2) is 0 Å². The molecule has 3 aromatic rings. The van der Waals surface area contributed by atoms with Crippen molar-refractivity contribution in [3.05, 3.63) is 57.2 Å². The van der Waals surface area contributed by atoms with Gasteiger partial charge < -0.3 is 42.4 Å². The largest absolute Gasteiger partial charge is 0.507 e. The molecule has 2 heterocycles.